The maximum absolute atomic E-state index is 10.9. The molecule has 0 rings (SSSR count). The molecule has 0 aliphatic heterocycles. The van der Waals surface area contributed by atoms with E-state index in [-0.39, 0.29) is 5.75 Å². The first-order chi connectivity index (χ1) is 7.71. The highest BCUT2D eigenvalue weighted by Gasteiger charge is 2.30. The van der Waals surface area contributed by atoms with Crippen LogP contribution in [0.5, 0.6) is 0 Å². The van der Waals surface area contributed by atoms with Crippen molar-refractivity contribution < 1.29 is 18.3 Å². The molecule has 0 aromatic rings. The smallest absolute Gasteiger partial charge is 0.323 e. The lowest BCUT2D eigenvalue weighted by atomic mass is 9.92. The first-order valence-electron chi connectivity index (χ1n) is 5.49. The summed E-state index contributed by atoms with van der Waals surface area (Å²) in [6.07, 6.45) is 2.71. The third-order valence-electron chi connectivity index (χ3n) is 2.57. The molecule has 3 N–H and O–H groups in total. The van der Waals surface area contributed by atoms with E-state index in [9.17, 15) is 13.2 Å². The van der Waals surface area contributed by atoms with Crippen molar-refractivity contribution in [3.05, 3.63) is 0 Å². The summed E-state index contributed by atoms with van der Waals surface area (Å²) in [5.41, 5.74) is 4.58. The topological polar surface area (TPSA) is 97.5 Å². The lowest BCUT2D eigenvalue weighted by molar-refractivity contribution is -0.143. The third kappa shape index (κ3) is 7.62. The fourth-order valence-electron chi connectivity index (χ4n) is 1.24. The summed E-state index contributed by atoms with van der Waals surface area (Å²) in [5, 5.41) is 8.93. The fraction of sp³-hybridized carbons (Fsp3) is 0.900. The van der Waals surface area contributed by atoms with Crippen LogP contribution < -0.4 is 5.73 Å². The Morgan fingerprint density at radius 3 is 2.41 bits per heavy atom. The lowest BCUT2D eigenvalue weighted by Crippen LogP contribution is -2.47. The van der Waals surface area contributed by atoms with Gasteiger partial charge < -0.3 is 10.8 Å². The van der Waals surface area contributed by atoms with E-state index in [4.69, 9.17) is 10.8 Å². The van der Waals surface area contributed by atoms with E-state index in [0.717, 1.165) is 5.75 Å². The van der Waals surface area contributed by atoms with E-state index < -0.39 is 21.3 Å². The van der Waals surface area contributed by atoms with Crippen molar-refractivity contribution in [3.8, 4) is 0 Å². The van der Waals surface area contributed by atoms with Gasteiger partial charge >= 0.3 is 5.97 Å². The Hall–Kier alpha value is -0.270. The molecule has 0 spiro atoms. The number of carbonyl (C=O) groups is 1. The number of carboxylic acid groups (broad SMARTS) is 1. The molecule has 0 heterocycles. The highest BCUT2D eigenvalue weighted by molar-refractivity contribution is 8.00. The van der Waals surface area contributed by atoms with E-state index in [2.05, 4.69) is 0 Å². The lowest BCUT2D eigenvalue weighted by Gasteiger charge is -2.22. The quantitative estimate of drug-likeness (QED) is 0.606. The molecule has 0 aromatic carbocycles. The van der Waals surface area contributed by atoms with Gasteiger partial charge in [-0.1, -0.05) is 6.92 Å². The van der Waals surface area contributed by atoms with Gasteiger partial charge in [-0.3, -0.25) is 4.79 Å². The van der Waals surface area contributed by atoms with Crippen molar-refractivity contribution in [2.45, 2.75) is 31.7 Å². The van der Waals surface area contributed by atoms with Gasteiger partial charge in [0.1, 0.15) is 15.4 Å². The number of sulfone groups is 1. The van der Waals surface area contributed by atoms with E-state index in [1.807, 2.05) is 0 Å². The maximum Gasteiger partial charge on any atom is 0.323 e. The molecule has 1 atom stereocenters. The van der Waals surface area contributed by atoms with E-state index >= 15 is 0 Å². The Bertz CT molecular complexity index is 342. The number of nitrogens with two attached hydrogens (primary N) is 1. The van der Waals surface area contributed by atoms with Crippen LogP contribution >= 0.6 is 11.8 Å². The van der Waals surface area contributed by atoms with Crippen molar-refractivity contribution in [2.75, 3.05) is 23.5 Å². The summed E-state index contributed by atoms with van der Waals surface area (Å²) < 4.78 is 21.7. The highest BCUT2D eigenvalue weighted by atomic mass is 32.2. The van der Waals surface area contributed by atoms with Gasteiger partial charge in [-0.15, -0.1) is 0 Å². The Balaban J connectivity index is 3.74. The van der Waals surface area contributed by atoms with Crippen molar-refractivity contribution in [1.29, 1.82) is 0 Å². The van der Waals surface area contributed by atoms with Crippen LogP contribution in [0.15, 0.2) is 0 Å². The predicted molar refractivity (Wildman–Crippen MR) is 71.1 cm³/mol. The molecule has 0 fully saturated rings. The minimum Gasteiger partial charge on any atom is -0.480 e. The average Bonchev–Trinajstić information content (AvgIpc) is 2.21. The van der Waals surface area contributed by atoms with Crippen LogP contribution in [0.1, 0.15) is 26.2 Å². The monoisotopic (exact) mass is 283 g/mol. The molecule has 0 radical (unpaired) electrons. The molecular formula is C10H21NO4S2. The normalized spacial score (nSPS) is 15.5. The van der Waals surface area contributed by atoms with Crippen LogP contribution in [0.4, 0.5) is 0 Å². The zero-order valence-corrected chi connectivity index (χ0v) is 11.9. The van der Waals surface area contributed by atoms with Gasteiger partial charge in [0.25, 0.3) is 0 Å². The number of aliphatic carboxylic acids is 1. The van der Waals surface area contributed by atoms with Crippen LogP contribution in [-0.4, -0.2) is 48.5 Å². The van der Waals surface area contributed by atoms with Gasteiger partial charge in [0.05, 0.1) is 5.75 Å². The van der Waals surface area contributed by atoms with E-state index in [1.165, 1.54) is 18.0 Å². The minimum absolute atomic E-state index is 0.165. The molecule has 7 heteroatoms. The van der Waals surface area contributed by atoms with Crippen LogP contribution in [-0.2, 0) is 14.6 Å². The fourth-order valence-corrected chi connectivity index (χ4v) is 3.47. The van der Waals surface area contributed by atoms with Gasteiger partial charge in [0, 0.05) is 12.0 Å². The number of hydrogen-bond acceptors (Lipinski definition) is 5. The molecule has 17 heavy (non-hydrogen) atoms. The SMILES string of the molecule is CCC(N)(CCCSCCS(C)(=O)=O)C(=O)O. The molecule has 0 aliphatic rings. The summed E-state index contributed by atoms with van der Waals surface area (Å²) in [6.45, 7) is 1.75. The first kappa shape index (κ1) is 16.7. The second-order valence-electron chi connectivity index (χ2n) is 4.16. The van der Waals surface area contributed by atoms with Crippen LogP contribution in [0, 0.1) is 0 Å². The molecule has 102 valence electrons. The van der Waals surface area contributed by atoms with Crippen molar-refractivity contribution in [1.82, 2.24) is 0 Å². The second-order valence-corrected chi connectivity index (χ2v) is 7.65. The summed E-state index contributed by atoms with van der Waals surface area (Å²) in [6, 6.07) is 0. The Morgan fingerprint density at radius 2 is 2.00 bits per heavy atom. The Kier molecular flexibility index (Phi) is 7.11. The van der Waals surface area contributed by atoms with Crippen LogP contribution in [0.2, 0.25) is 0 Å². The van der Waals surface area contributed by atoms with E-state index in [1.54, 1.807) is 6.92 Å². The number of hydrogen-bond donors (Lipinski definition) is 2. The molecule has 5 nitrogen and oxygen atoms in total. The molecular weight excluding hydrogens is 262 g/mol. The van der Waals surface area contributed by atoms with Gasteiger partial charge in [0.2, 0.25) is 0 Å². The summed E-state index contributed by atoms with van der Waals surface area (Å²) in [4.78, 5) is 10.9. The third-order valence-corrected chi connectivity index (χ3v) is 4.84. The molecule has 0 saturated carbocycles. The van der Waals surface area contributed by atoms with Crippen molar-refractivity contribution >= 4 is 27.6 Å². The van der Waals surface area contributed by atoms with Gasteiger partial charge in [-0.05, 0) is 25.0 Å². The number of thioether (sulfide) groups is 1. The predicted octanol–water partition coefficient (Wildman–Crippen LogP) is 0.737. The Labute approximate surface area is 107 Å². The zero-order chi connectivity index (χ0) is 13.5. The Morgan fingerprint density at radius 1 is 1.41 bits per heavy atom. The van der Waals surface area contributed by atoms with Gasteiger partial charge in [0.15, 0.2) is 0 Å². The standard InChI is InChI=1S/C10H21NO4S2/c1-3-10(11,9(12)13)5-4-6-16-7-8-17(2,14)15/h3-8,11H2,1-2H3,(H,12,13). The average molecular weight is 283 g/mol. The van der Waals surface area contributed by atoms with Crippen LogP contribution in [0.25, 0.3) is 0 Å². The van der Waals surface area contributed by atoms with Crippen LogP contribution in [0.3, 0.4) is 0 Å². The van der Waals surface area contributed by atoms with Gasteiger partial charge in [-0.2, -0.15) is 11.8 Å². The largest absolute Gasteiger partial charge is 0.480 e. The van der Waals surface area contributed by atoms with E-state index in [0.29, 0.717) is 25.0 Å². The second kappa shape index (κ2) is 7.23. The summed E-state index contributed by atoms with van der Waals surface area (Å²) in [5.74, 6) is 0.483. The minimum atomic E-state index is -2.90. The number of rotatable bonds is 9. The maximum atomic E-state index is 10.9. The molecule has 0 bridgehead atoms. The molecule has 1 unspecified atom stereocenters. The highest BCUT2D eigenvalue weighted by Crippen LogP contribution is 2.16. The zero-order valence-electron chi connectivity index (χ0n) is 10.3. The van der Waals surface area contributed by atoms with Gasteiger partial charge in [-0.25, -0.2) is 8.42 Å². The molecule has 0 saturated heterocycles. The first-order valence-corrected chi connectivity index (χ1v) is 8.70. The molecule has 0 aromatic heterocycles. The molecule has 0 aliphatic carbocycles. The van der Waals surface area contributed by atoms with Crippen molar-refractivity contribution in [3.63, 3.8) is 0 Å². The van der Waals surface area contributed by atoms with Crippen molar-refractivity contribution in [2.24, 2.45) is 5.73 Å². The summed E-state index contributed by atoms with van der Waals surface area (Å²) in [7, 11) is -2.90. The number of carboxylic acids is 1. The summed E-state index contributed by atoms with van der Waals surface area (Å²) >= 11 is 1.52. The molecule has 0 amide bonds.